The Kier molecular flexibility index (Phi) is 7.60. The summed E-state index contributed by atoms with van der Waals surface area (Å²) in [4.78, 5) is 22.2. The fourth-order valence-electron chi connectivity index (χ4n) is 2.33. The van der Waals surface area contributed by atoms with Crippen molar-refractivity contribution in [3.8, 4) is 0 Å². The first-order chi connectivity index (χ1) is 13.8. The van der Waals surface area contributed by atoms with Gasteiger partial charge in [-0.15, -0.1) is 0 Å². The Balaban J connectivity index is 0.000000164. The number of carbonyl (C=O) groups excluding carboxylic acids is 2. The van der Waals surface area contributed by atoms with E-state index in [0.717, 1.165) is 23.0 Å². The van der Waals surface area contributed by atoms with Crippen molar-refractivity contribution in [3.05, 3.63) is 95.5 Å². The minimum Gasteiger partial charge on any atom is -0.467 e. The van der Waals surface area contributed by atoms with E-state index in [4.69, 9.17) is 13.3 Å². The molecule has 0 aromatic carbocycles. The van der Waals surface area contributed by atoms with E-state index in [9.17, 15) is 9.59 Å². The van der Waals surface area contributed by atoms with Crippen LogP contribution in [0.1, 0.15) is 51.1 Å². The molecule has 0 bridgehead atoms. The van der Waals surface area contributed by atoms with Crippen LogP contribution in [0.15, 0.2) is 74.2 Å². The van der Waals surface area contributed by atoms with Crippen LogP contribution in [0.2, 0.25) is 0 Å². The average Bonchev–Trinajstić information content (AvgIpc) is 3.45. The van der Waals surface area contributed by atoms with E-state index in [0.29, 0.717) is 11.5 Å². The molecule has 0 unspecified atom stereocenters. The number of rotatable bonds is 2. The van der Waals surface area contributed by atoms with Gasteiger partial charge < -0.3 is 13.3 Å². The Hall–Kier alpha value is -3.54. The Morgan fingerprint density at radius 1 is 0.655 bits per heavy atom. The maximum atomic E-state index is 11.6. The van der Waals surface area contributed by atoms with Gasteiger partial charge in [0.2, 0.25) is 0 Å². The standard InChI is InChI=1S/C10H9NO2.C7H8O2.C6H8O/c1-8-4-5-9(13-8)10(12)11-6-2-3-7-11;1-5-3-4-7(9-5)6(2)8;1-5-3-4-6(2)7-5/h2-7H,1H3;3-4H,1-2H3;3-4H,1-2H3. The number of aromatic nitrogens is 1. The second-order valence-electron chi connectivity index (χ2n) is 6.43. The van der Waals surface area contributed by atoms with Gasteiger partial charge in [-0.2, -0.15) is 0 Å². The zero-order chi connectivity index (χ0) is 21.4. The topological polar surface area (TPSA) is 78.5 Å². The number of hydrogen-bond donors (Lipinski definition) is 0. The van der Waals surface area contributed by atoms with Crippen LogP contribution in [0.4, 0.5) is 0 Å². The van der Waals surface area contributed by atoms with Gasteiger partial charge in [0, 0.05) is 19.3 Å². The predicted molar refractivity (Wildman–Crippen MR) is 109 cm³/mol. The zero-order valence-electron chi connectivity index (χ0n) is 17.3. The van der Waals surface area contributed by atoms with Gasteiger partial charge in [-0.3, -0.25) is 14.2 Å². The SMILES string of the molecule is CC(=O)c1ccc(C)o1.Cc1ccc(C(=O)n2cccc2)o1.Cc1ccc(C)o1. The molecule has 0 amide bonds. The van der Waals surface area contributed by atoms with E-state index in [1.807, 2.05) is 39.8 Å². The van der Waals surface area contributed by atoms with E-state index in [1.54, 1.807) is 48.8 Å². The third kappa shape index (κ3) is 6.84. The molecule has 152 valence electrons. The first-order valence-corrected chi connectivity index (χ1v) is 9.11. The first-order valence-electron chi connectivity index (χ1n) is 9.11. The average molecular weight is 395 g/mol. The van der Waals surface area contributed by atoms with Gasteiger partial charge in [0.15, 0.2) is 17.3 Å². The maximum absolute atomic E-state index is 11.6. The molecule has 0 N–H and O–H groups in total. The molecule has 0 saturated carbocycles. The van der Waals surface area contributed by atoms with Crippen molar-refractivity contribution in [1.82, 2.24) is 4.57 Å². The Morgan fingerprint density at radius 3 is 1.38 bits per heavy atom. The number of aryl methyl sites for hydroxylation is 4. The Morgan fingerprint density at radius 2 is 1.07 bits per heavy atom. The number of hydrogen-bond acceptors (Lipinski definition) is 5. The molecule has 0 aliphatic rings. The lowest BCUT2D eigenvalue weighted by Gasteiger charge is -1.96. The van der Waals surface area contributed by atoms with Crippen molar-refractivity contribution in [1.29, 1.82) is 0 Å². The lowest BCUT2D eigenvalue weighted by Crippen LogP contribution is -2.07. The summed E-state index contributed by atoms with van der Waals surface area (Å²) in [7, 11) is 0. The van der Waals surface area contributed by atoms with Crippen LogP contribution in [-0.2, 0) is 0 Å². The van der Waals surface area contributed by atoms with Crippen LogP contribution in [-0.4, -0.2) is 16.3 Å². The van der Waals surface area contributed by atoms with Gasteiger partial charge in [-0.1, -0.05) is 0 Å². The summed E-state index contributed by atoms with van der Waals surface area (Å²) in [6, 6.07) is 14.4. The number of carbonyl (C=O) groups is 2. The smallest absolute Gasteiger partial charge is 0.297 e. The predicted octanol–water partition coefficient (Wildman–Crippen LogP) is 5.77. The summed E-state index contributed by atoms with van der Waals surface area (Å²) in [5, 5.41) is 0. The van der Waals surface area contributed by atoms with Crippen LogP contribution in [0, 0.1) is 27.7 Å². The highest BCUT2D eigenvalue weighted by molar-refractivity contribution is 5.93. The fourth-order valence-corrected chi connectivity index (χ4v) is 2.33. The van der Waals surface area contributed by atoms with E-state index in [-0.39, 0.29) is 11.7 Å². The molecule has 4 rings (SSSR count). The Labute approximate surface area is 169 Å². The van der Waals surface area contributed by atoms with Crippen LogP contribution >= 0.6 is 0 Å². The van der Waals surface area contributed by atoms with Gasteiger partial charge in [0.05, 0.1) is 0 Å². The van der Waals surface area contributed by atoms with Gasteiger partial charge in [0.25, 0.3) is 5.91 Å². The maximum Gasteiger partial charge on any atom is 0.297 e. The molecule has 0 radical (unpaired) electrons. The number of nitrogens with zero attached hydrogens (tertiary/aromatic N) is 1. The summed E-state index contributed by atoms with van der Waals surface area (Å²) in [5.74, 6) is 4.13. The molecule has 0 spiro atoms. The molecule has 4 aromatic rings. The molecule has 0 saturated heterocycles. The zero-order valence-corrected chi connectivity index (χ0v) is 17.3. The molecule has 0 aliphatic carbocycles. The van der Waals surface area contributed by atoms with Gasteiger partial charge in [-0.25, -0.2) is 0 Å². The van der Waals surface area contributed by atoms with Crippen molar-refractivity contribution < 1.29 is 22.8 Å². The highest BCUT2D eigenvalue weighted by Crippen LogP contribution is 2.08. The van der Waals surface area contributed by atoms with Gasteiger partial charge in [0.1, 0.15) is 23.0 Å². The molecule has 6 heteroatoms. The molecule has 4 heterocycles. The van der Waals surface area contributed by atoms with E-state index in [2.05, 4.69) is 0 Å². The van der Waals surface area contributed by atoms with E-state index < -0.39 is 0 Å². The lowest BCUT2D eigenvalue weighted by molar-refractivity contribution is 0.0930. The molecule has 0 aliphatic heterocycles. The number of Topliss-reactive ketones (excluding diaryl/α,β-unsaturated/α-hetero) is 1. The molecular formula is C23H25NO5. The minimum absolute atomic E-state index is 0.0249. The lowest BCUT2D eigenvalue weighted by atomic mass is 10.3. The van der Waals surface area contributed by atoms with Crippen molar-refractivity contribution in [2.45, 2.75) is 34.6 Å². The van der Waals surface area contributed by atoms with Crippen LogP contribution in [0.3, 0.4) is 0 Å². The largest absolute Gasteiger partial charge is 0.467 e. The Bertz CT molecular complexity index is 1030. The molecule has 0 fully saturated rings. The number of ketones is 1. The summed E-state index contributed by atoms with van der Waals surface area (Å²) in [6.07, 6.45) is 3.39. The summed E-state index contributed by atoms with van der Waals surface area (Å²) < 4.78 is 16.8. The van der Waals surface area contributed by atoms with Crippen molar-refractivity contribution in [2.24, 2.45) is 0 Å². The second-order valence-corrected chi connectivity index (χ2v) is 6.43. The van der Waals surface area contributed by atoms with Crippen molar-refractivity contribution in [3.63, 3.8) is 0 Å². The third-order valence-electron chi connectivity index (χ3n) is 3.75. The second kappa shape index (κ2) is 10.1. The molecule has 29 heavy (non-hydrogen) atoms. The molecule has 6 nitrogen and oxygen atoms in total. The van der Waals surface area contributed by atoms with Crippen molar-refractivity contribution >= 4 is 11.7 Å². The highest BCUT2D eigenvalue weighted by atomic mass is 16.4. The fraction of sp³-hybridized carbons (Fsp3) is 0.217. The number of furan rings is 3. The van der Waals surface area contributed by atoms with Gasteiger partial charge in [-0.05, 0) is 76.2 Å². The third-order valence-corrected chi connectivity index (χ3v) is 3.75. The van der Waals surface area contributed by atoms with E-state index >= 15 is 0 Å². The molecular weight excluding hydrogens is 370 g/mol. The monoisotopic (exact) mass is 395 g/mol. The normalized spacial score (nSPS) is 9.83. The molecule has 4 aromatic heterocycles. The highest BCUT2D eigenvalue weighted by Gasteiger charge is 2.10. The van der Waals surface area contributed by atoms with E-state index in [1.165, 1.54) is 11.5 Å². The quantitative estimate of drug-likeness (QED) is 0.403. The van der Waals surface area contributed by atoms with Gasteiger partial charge >= 0.3 is 0 Å². The first kappa shape index (κ1) is 21.8. The summed E-state index contributed by atoms with van der Waals surface area (Å²) >= 11 is 0. The molecule has 0 atom stereocenters. The van der Waals surface area contributed by atoms with Crippen molar-refractivity contribution in [2.75, 3.05) is 0 Å². The van der Waals surface area contributed by atoms with Crippen LogP contribution < -0.4 is 0 Å². The summed E-state index contributed by atoms with van der Waals surface area (Å²) in [6.45, 7) is 8.98. The minimum atomic E-state index is -0.141. The van der Waals surface area contributed by atoms with Crippen LogP contribution in [0.5, 0.6) is 0 Å². The van der Waals surface area contributed by atoms with Crippen LogP contribution in [0.25, 0.3) is 0 Å². The summed E-state index contributed by atoms with van der Waals surface area (Å²) in [5.41, 5.74) is 0.